The van der Waals surface area contributed by atoms with Crippen molar-refractivity contribution in [1.82, 2.24) is 9.78 Å². The van der Waals surface area contributed by atoms with Crippen LogP contribution in [-0.2, 0) is 7.05 Å². The molecular formula is C12H10ClFN2O2S. The number of aryl methyl sites for hydroxylation is 1. The highest BCUT2D eigenvalue weighted by molar-refractivity contribution is 7.98. The summed E-state index contributed by atoms with van der Waals surface area (Å²) in [4.78, 5) is 11.2. The average molecular weight is 301 g/mol. The number of carboxylic acid groups (broad SMARTS) is 1. The minimum absolute atomic E-state index is 0.0945. The first-order valence-electron chi connectivity index (χ1n) is 5.24. The predicted molar refractivity (Wildman–Crippen MR) is 72.4 cm³/mol. The fourth-order valence-electron chi connectivity index (χ4n) is 1.74. The van der Waals surface area contributed by atoms with Gasteiger partial charge in [0.25, 0.3) is 0 Å². The summed E-state index contributed by atoms with van der Waals surface area (Å²) in [5.41, 5.74) is 0.886. The van der Waals surface area contributed by atoms with Crippen molar-refractivity contribution in [2.45, 2.75) is 4.90 Å². The molecule has 2 aromatic rings. The van der Waals surface area contributed by atoms with Crippen LogP contribution >= 0.6 is 23.4 Å². The second-order valence-corrected chi connectivity index (χ2v) is 5.04. The second-order valence-electron chi connectivity index (χ2n) is 3.82. The van der Waals surface area contributed by atoms with E-state index in [1.165, 1.54) is 28.6 Å². The molecule has 1 heterocycles. The molecule has 0 saturated carbocycles. The predicted octanol–water partition coefficient (Wildman–Crippen LogP) is 3.30. The van der Waals surface area contributed by atoms with E-state index < -0.39 is 11.8 Å². The molecule has 100 valence electrons. The largest absolute Gasteiger partial charge is 0.476 e. The zero-order valence-electron chi connectivity index (χ0n) is 10.1. The van der Waals surface area contributed by atoms with Gasteiger partial charge in [-0.3, -0.25) is 4.68 Å². The maximum atomic E-state index is 13.8. The summed E-state index contributed by atoms with van der Waals surface area (Å²) in [6.45, 7) is 0. The molecule has 1 N–H and O–H groups in total. The number of nitrogens with zero attached hydrogens (tertiary/aromatic N) is 2. The van der Waals surface area contributed by atoms with Crippen molar-refractivity contribution in [3.05, 3.63) is 34.7 Å². The standard InChI is InChI=1S/C12H10ClFN2O2S/c1-16-10(5-9(15-16)12(17)18)6-3-7(13)11(19-2)8(14)4-6/h3-5H,1-2H3,(H,17,18). The summed E-state index contributed by atoms with van der Waals surface area (Å²) in [6.07, 6.45) is 1.73. The monoisotopic (exact) mass is 300 g/mol. The van der Waals surface area contributed by atoms with Gasteiger partial charge in [-0.2, -0.15) is 5.10 Å². The zero-order chi connectivity index (χ0) is 14.2. The van der Waals surface area contributed by atoms with Crippen LogP contribution in [0.3, 0.4) is 0 Å². The Kier molecular flexibility index (Phi) is 3.82. The van der Waals surface area contributed by atoms with Crippen LogP contribution in [0.2, 0.25) is 5.02 Å². The SMILES string of the molecule is CSc1c(F)cc(-c2cc(C(=O)O)nn2C)cc1Cl. The van der Waals surface area contributed by atoms with Gasteiger partial charge in [0.05, 0.1) is 15.6 Å². The van der Waals surface area contributed by atoms with Crippen LogP contribution in [0.15, 0.2) is 23.1 Å². The fourth-order valence-corrected chi connectivity index (χ4v) is 2.69. The van der Waals surface area contributed by atoms with Crippen molar-refractivity contribution < 1.29 is 14.3 Å². The van der Waals surface area contributed by atoms with E-state index in [0.717, 1.165) is 0 Å². The highest BCUT2D eigenvalue weighted by Gasteiger charge is 2.15. The molecule has 0 aliphatic carbocycles. The van der Waals surface area contributed by atoms with E-state index in [9.17, 15) is 9.18 Å². The number of hydrogen-bond donors (Lipinski definition) is 1. The van der Waals surface area contributed by atoms with Crippen molar-refractivity contribution in [2.24, 2.45) is 7.05 Å². The van der Waals surface area contributed by atoms with Crippen LogP contribution in [0, 0.1) is 5.82 Å². The first kappa shape index (κ1) is 13.9. The summed E-state index contributed by atoms with van der Waals surface area (Å²) in [5, 5.41) is 13.0. The van der Waals surface area contributed by atoms with Gasteiger partial charge in [-0.1, -0.05) is 11.6 Å². The lowest BCUT2D eigenvalue weighted by atomic mass is 10.1. The van der Waals surface area contributed by atoms with Gasteiger partial charge in [-0.25, -0.2) is 9.18 Å². The number of benzene rings is 1. The molecule has 0 fully saturated rings. The van der Waals surface area contributed by atoms with E-state index in [4.69, 9.17) is 16.7 Å². The maximum Gasteiger partial charge on any atom is 0.356 e. The molecule has 0 unspecified atom stereocenters. The zero-order valence-corrected chi connectivity index (χ0v) is 11.7. The first-order valence-corrected chi connectivity index (χ1v) is 6.85. The van der Waals surface area contributed by atoms with Gasteiger partial charge in [-0.05, 0) is 24.5 Å². The molecule has 0 amide bonds. The molecule has 0 radical (unpaired) electrons. The summed E-state index contributed by atoms with van der Waals surface area (Å²) >= 11 is 7.22. The quantitative estimate of drug-likeness (QED) is 0.884. The topological polar surface area (TPSA) is 55.1 Å². The summed E-state index contributed by atoms with van der Waals surface area (Å²) in [5.74, 6) is -1.57. The second kappa shape index (κ2) is 5.22. The van der Waals surface area contributed by atoms with Gasteiger partial charge in [0.1, 0.15) is 5.82 Å². The minimum Gasteiger partial charge on any atom is -0.476 e. The van der Waals surface area contributed by atoms with Crippen LogP contribution in [0.1, 0.15) is 10.5 Å². The van der Waals surface area contributed by atoms with Gasteiger partial charge < -0.3 is 5.11 Å². The lowest BCUT2D eigenvalue weighted by Crippen LogP contribution is -1.99. The lowest BCUT2D eigenvalue weighted by Gasteiger charge is -2.07. The van der Waals surface area contributed by atoms with Crippen molar-refractivity contribution in [1.29, 1.82) is 0 Å². The number of halogens is 2. The third-order valence-corrected chi connectivity index (χ3v) is 3.83. The van der Waals surface area contributed by atoms with E-state index >= 15 is 0 Å². The van der Waals surface area contributed by atoms with E-state index in [-0.39, 0.29) is 5.69 Å². The smallest absolute Gasteiger partial charge is 0.356 e. The molecule has 4 nitrogen and oxygen atoms in total. The van der Waals surface area contributed by atoms with E-state index in [1.807, 2.05) is 0 Å². The molecular weight excluding hydrogens is 291 g/mol. The van der Waals surface area contributed by atoms with Crippen LogP contribution in [-0.4, -0.2) is 27.1 Å². The Morgan fingerprint density at radius 3 is 2.63 bits per heavy atom. The Morgan fingerprint density at radius 1 is 1.47 bits per heavy atom. The Bertz CT molecular complexity index is 634. The molecule has 0 aliphatic rings. The molecule has 0 atom stereocenters. The van der Waals surface area contributed by atoms with Crippen molar-refractivity contribution >= 4 is 29.3 Å². The lowest BCUT2D eigenvalue weighted by molar-refractivity contribution is 0.0689. The van der Waals surface area contributed by atoms with E-state index in [2.05, 4.69) is 5.10 Å². The van der Waals surface area contributed by atoms with E-state index in [0.29, 0.717) is 21.2 Å². The molecule has 0 aliphatic heterocycles. The van der Waals surface area contributed by atoms with Gasteiger partial charge in [-0.15, -0.1) is 11.8 Å². The van der Waals surface area contributed by atoms with Gasteiger partial charge in [0.2, 0.25) is 0 Å². The highest BCUT2D eigenvalue weighted by atomic mass is 35.5. The molecule has 7 heteroatoms. The first-order chi connectivity index (χ1) is 8.93. The average Bonchev–Trinajstić information content (AvgIpc) is 2.71. The summed E-state index contributed by atoms with van der Waals surface area (Å²) < 4.78 is 15.2. The van der Waals surface area contributed by atoms with Crippen molar-refractivity contribution in [3.8, 4) is 11.3 Å². The van der Waals surface area contributed by atoms with Gasteiger partial charge in [0.15, 0.2) is 5.69 Å². The number of aromatic carboxylic acids is 1. The Morgan fingerprint density at radius 2 is 2.16 bits per heavy atom. The minimum atomic E-state index is -1.13. The number of rotatable bonds is 3. The molecule has 2 rings (SSSR count). The molecule has 0 saturated heterocycles. The Labute approximate surface area is 118 Å². The number of hydrogen-bond acceptors (Lipinski definition) is 3. The third-order valence-electron chi connectivity index (χ3n) is 2.60. The summed E-state index contributed by atoms with van der Waals surface area (Å²) in [7, 11) is 1.59. The molecule has 1 aromatic carbocycles. The highest BCUT2D eigenvalue weighted by Crippen LogP contribution is 2.33. The Balaban J connectivity index is 2.56. The molecule has 19 heavy (non-hydrogen) atoms. The normalized spacial score (nSPS) is 10.7. The van der Waals surface area contributed by atoms with Crippen LogP contribution in [0.4, 0.5) is 4.39 Å². The van der Waals surface area contributed by atoms with Crippen molar-refractivity contribution in [2.75, 3.05) is 6.26 Å². The van der Waals surface area contributed by atoms with E-state index in [1.54, 1.807) is 19.4 Å². The number of aromatic nitrogens is 2. The summed E-state index contributed by atoms with van der Waals surface area (Å²) in [6, 6.07) is 4.30. The van der Waals surface area contributed by atoms with Crippen LogP contribution in [0.5, 0.6) is 0 Å². The number of carbonyl (C=O) groups is 1. The Hall–Kier alpha value is -1.53. The molecule has 1 aromatic heterocycles. The number of carboxylic acids is 1. The van der Waals surface area contributed by atoms with Crippen LogP contribution < -0.4 is 0 Å². The number of thioether (sulfide) groups is 1. The fraction of sp³-hybridized carbons (Fsp3) is 0.167. The van der Waals surface area contributed by atoms with Crippen LogP contribution in [0.25, 0.3) is 11.3 Å². The third kappa shape index (κ3) is 2.59. The molecule has 0 bridgehead atoms. The molecule has 0 spiro atoms. The van der Waals surface area contributed by atoms with Gasteiger partial charge in [0, 0.05) is 12.6 Å². The maximum absolute atomic E-state index is 13.8. The van der Waals surface area contributed by atoms with Gasteiger partial charge >= 0.3 is 5.97 Å². The van der Waals surface area contributed by atoms with Crippen molar-refractivity contribution in [3.63, 3.8) is 0 Å².